The maximum Gasteiger partial charge on any atom is 0.217 e. The molecule has 0 saturated carbocycles. The van der Waals surface area contributed by atoms with Gasteiger partial charge in [-0.25, -0.2) is 8.78 Å². The summed E-state index contributed by atoms with van der Waals surface area (Å²) in [5.41, 5.74) is 2.20. The van der Waals surface area contributed by atoms with E-state index in [-0.39, 0.29) is 24.3 Å². The number of hydrogen-bond acceptors (Lipinski definition) is 4. The van der Waals surface area contributed by atoms with Gasteiger partial charge in [0.25, 0.3) is 0 Å². The van der Waals surface area contributed by atoms with Crippen LogP contribution in [0, 0.1) is 11.6 Å². The zero-order valence-corrected chi connectivity index (χ0v) is 22.3. The van der Waals surface area contributed by atoms with Crippen molar-refractivity contribution in [2.24, 2.45) is 0 Å². The van der Waals surface area contributed by atoms with E-state index < -0.39 is 29.3 Å². The summed E-state index contributed by atoms with van der Waals surface area (Å²) in [5, 5.41) is 17.4. The molecule has 0 aliphatic carbocycles. The first-order valence-electron chi connectivity index (χ1n) is 11.9. The molecule has 1 aliphatic rings. The van der Waals surface area contributed by atoms with Crippen LogP contribution in [0.5, 0.6) is 0 Å². The highest BCUT2D eigenvalue weighted by Crippen LogP contribution is 2.37. The van der Waals surface area contributed by atoms with E-state index in [1.165, 1.54) is 24.6 Å². The van der Waals surface area contributed by atoms with Gasteiger partial charge in [-0.2, -0.15) is 0 Å². The maximum atomic E-state index is 13.7. The van der Waals surface area contributed by atoms with Crippen LogP contribution in [0.3, 0.4) is 0 Å². The van der Waals surface area contributed by atoms with Crippen molar-refractivity contribution in [3.63, 3.8) is 0 Å². The molecule has 8 heteroatoms. The average Bonchev–Trinajstić information content (AvgIpc) is 2.75. The number of halogens is 3. The smallest absolute Gasteiger partial charge is 0.217 e. The van der Waals surface area contributed by atoms with Crippen molar-refractivity contribution in [3.8, 4) is 0 Å². The molecule has 5 nitrogen and oxygen atoms in total. The quantitative estimate of drug-likeness (QED) is 0.442. The number of aliphatic hydroxyl groups excluding tert-OH is 1. The van der Waals surface area contributed by atoms with Crippen molar-refractivity contribution < 1.29 is 23.4 Å². The van der Waals surface area contributed by atoms with Crippen LogP contribution in [0.15, 0.2) is 40.9 Å². The molecule has 0 spiro atoms. The first-order chi connectivity index (χ1) is 16.4. The highest BCUT2D eigenvalue weighted by molar-refractivity contribution is 9.10. The van der Waals surface area contributed by atoms with E-state index in [1.54, 1.807) is 0 Å². The molecule has 2 aromatic rings. The zero-order valence-electron chi connectivity index (χ0n) is 20.8. The minimum Gasteiger partial charge on any atom is -0.390 e. The van der Waals surface area contributed by atoms with Gasteiger partial charge in [-0.15, -0.1) is 0 Å². The van der Waals surface area contributed by atoms with Crippen LogP contribution in [0.25, 0.3) is 0 Å². The number of hydrogen-bond donors (Lipinski definition) is 3. The summed E-state index contributed by atoms with van der Waals surface area (Å²) >= 11 is 3.66. The zero-order chi connectivity index (χ0) is 25.8. The Morgan fingerprint density at radius 1 is 1.11 bits per heavy atom. The van der Waals surface area contributed by atoms with Crippen LogP contribution >= 0.6 is 15.9 Å². The Kier molecular flexibility index (Phi) is 9.07. The molecule has 3 rings (SSSR count). The molecule has 35 heavy (non-hydrogen) atoms. The van der Waals surface area contributed by atoms with Crippen LogP contribution in [-0.4, -0.2) is 42.9 Å². The third kappa shape index (κ3) is 7.56. The second-order valence-electron chi connectivity index (χ2n) is 10.4. The molecule has 1 saturated heterocycles. The molecule has 1 heterocycles. The summed E-state index contributed by atoms with van der Waals surface area (Å²) in [6.45, 7) is 9.20. The summed E-state index contributed by atoms with van der Waals surface area (Å²) in [6.07, 6.45) is 0.552. The third-order valence-corrected chi connectivity index (χ3v) is 7.00. The van der Waals surface area contributed by atoms with E-state index in [0.29, 0.717) is 18.8 Å². The van der Waals surface area contributed by atoms with E-state index in [1.807, 2.05) is 0 Å². The van der Waals surface area contributed by atoms with Crippen LogP contribution in [0.1, 0.15) is 57.2 Å². The van der Waals surface area contributed by atoms with Gasteiger partial charge in [0.05, 0.1) is 12.1 Å². The maximum absolute atomic E-state index is 13.7. The third-order valence-electron chi connectivity index (χ3n) is 6.54. The largest absolute Gasteiger partial charge is 0.390 e. The lowest BCUT2D eigenvalue weighted by atomic mass is 9.78. The Morgan fingerprint density at radius 2 is 1.74 bits per heavy atom. The fraction of sp³-hybridized carbons (Fsp3) is 0.519. The molecule has 3 N–H and O–H groups in total. The highest BCUT2D eigenvalue weighted by Gasteiger charge is 2.36. The first-order valence-corrected chi connectivity index (χ1v) is 12.7. The van der Waals surface area contributed by atoms with Gasteiger partial charge >= 0.3 is 0 Å². The fourth-order valence-corrected chi connectivity index (χ4v) is 5.05. The van der Waals surface area contributed by atoms with Gasteiger partial charge in [-0.3, -0.25) is 4.79 Å². The standard InChI is InChI=1S/C27H35BrF2N2O3/c1-17(33)32-24(11-18-9-22(29)15-23(30)10-18)25(34)16-31-27(5-7-35-8-6-27)20-12-19(26(2,3)4)13-21(28)14-20/h9-10,12-15,24-25,31,34H,5-8,11,16H2,1-4H3,(H,32,33). The van der Waals surface area contributed by atoms with Gasteiger partial charge in [-0.05, 0) is 65.6 Å². The van der Waals surface area contributed by atoms with Gasteiger partial charge in [0.2, 0.25) is 5.91 Å². The van der Waals surface area contributed by atoms with Crippen molar-refractivity contribution in [1.82, 2.24) is 10.6 Å². The molecule has 0 bridgehead atoms. The Balaban J connectivity index is 1.84. The molecule has 2 unspecified atom stereocenters. The average molecular weight is 553 g/mol. The monoisotopic (exact) mass is 552 g/mol. The number of carbonyl (C=O) groups excluding carboxylic acids is 1. The second-order valence-corrected chi connectivity index (χ2v) is 11.3. The lowest BCUT2D eigenvalue weighted by molar-refractivity contribution is -0.120. The van der Waals surface area contributed by atoms with Gasteiger partial charge in [0.1, 0.15) is 11.6 Å². The molecule has 192 valence electrons. The number of amides is 1. The first kappa shape index (κ1) is 27.7. The lowest BCUT2D eigenvalue weighted by Crippen LogP contribution is -2.54. The van der Waals surface area contributed by atoms with Crippen LogP contribution in [-0.2, 0) is 26.9 Å². The summed E-state index contributed by atoms with van der Waals surface area (Å²) in [6, 6.07) is 8.94. The molecule has 2 atom stereocenters. The summed E-state index contributed by atoms with van der Waals surface area (Å²) in [7, 11) is 0. The van der Waals surface area contributed by atoms with Crippen molar-refractivity contribution in [2.75, 3.05) is 19.8 Å². The normalized spacial score (nSPS) is 17.6. The number of aliphatic hydroxyl groups is 1. The number of nitrogens with one attached hydrogen (secondary N) is 2. The topological polar surface area (TPSA) is 70.6 Å². The molecule has 1 aliphatic heterocycles. The van der Waals surface area contributed by atoms with Crippen LogP contribution in [0.2, 0.25) is 0 Å². The number of rotatable bonds is 8. The molecular formula is C27H35BrF2N2O3. The predicted octanol–water partition coefficient (Wildman–Crippen LogP) is 4.73. The second kappa shape index (κ2) is 11.5. The minimum atomic E-state index is -0.987. The SMILES string of the molecule is CC(=O)NC(Cc1cc(F)cc(F)c1)C(O)CNC1(c2cc(Br)cc(C(C)(C)C)c2)CCOCC1. The molecule has 1 amide bonds. The fourth-order valence-electron chi connectivity index (χ4n) is 4.56. The Morgan fingerprint density at radius 3 is 2.31 bits per heavy atom. The van der Waals surface area contributed by atoms with Crippen molar-refractivity contribution in [1.29, 1.82) is 0 Å². The Bertz CT molecular complexity index is 1020. The van der Waals surface area contributed by atoms with Gasteiger partial charge in [0.15, 0.2) is 0 Å². The Labute approximate surface area is 214 Å². The molecule has 0 aromatic heterocycles. The number of carbonyl (C=O) groups is 1. The Hall–Kier alpha value is -1.87. The summed E-state index contributed by atoms with van der Waals surface area (Å²) in [4.78, 5) is 11.8. The van der Waals surface area contributed by atoms with E-state index in [4.69, 9.17) is 4.74 Å². The van der Waals surface area contributed by atoms with Gasteiger partial charge in [-0.1, -0.05) is 42.8 Å². The minimum absolute atomic E-state index is 0.0405. The van der Waals surface area contributed by atoms with Gasteiger partial charge < -0.3 is 20.5 Å². The predicted molar refractivity (Wildman–Crippen MR) is 136 cm³/mol. The molecule has 0 radical (unpaired) electrons. The highest BCUT2D eigenvalue weighted by atomic mass is 79.9. The summed E-state index contributed by atoms with van der Waals surface area (Å²) in [5.74, 6) is -1.71. The number of benzene rings is 2. The van der Waals surface area contributed by atoms with E-state index in [9.17, 15) is 18.7 Å². The summed E-state index contributed by atoms with van der Waals surface area (Å²) < 4.78 is 34.0. The molecular weight excluding hydrogens is 518 g/mol. The van der Waals surface area contributed by atoms with Crippen LogP contribution < -0.4 is 10.6 Å². The van der Waals surface area contributed by atoms with E-state index >= 15 is 0 Å². The molecule has 1 fully saturated rings. The van der Waals surface area contributed by atoms with E-state index in [2.05, 4.69) is 65.5 Å². The molecule has 2 aromatic carbocycles. The van der Waals surface area contributed by atoms with E-state index in [0.717, 1.165) is 28.9 Å². The van der Waals surface area contributed by atoms with Crippen molar-refractivity contribution in [3.05, 3.63) is 69.2 Å². The lowest BCUT2D eigenvalue weighted by Gasteiger charge is -2.41. The van der Waals surface area contributed by atoms with Crippen molar-refractivity contribution in [2.45, 2.75) is 70.1 Å². The van der Waals surface area contributed by atoms with Gasteiger partial charge in [0, 0.05) is 42.8 Å². The van der Waals surface area contributed by atoms with Crippen molar-refractivity contribution >= 4 is 21.8 Å². The van der Waals surface area contributed by atoms with Crippen LogP contribution in [0.4, 0.5) is 8.78 Å². The number of ether oxygens (including phenoxy) is 1.